The average Bonchev–Trinajstić information content (AvgIpc) is 2.39. The van der Waals surface area contributed by atoms with Crippen molar-refractivity contribution in [1.29, 1.82) is 0 Å². The molecule has 118 valence electrons. The molecular weight excluding hydrogens is 308 g/mol. The van der Waals surface area contributed by atoms with Gasteiger partial charge in [-0.25, -0.2) is 8.42 Å². The van der Waals surface area contributed by atoms with E-state index in [-0.39, 0.29) is 23.6 Å². The van der Waals surface area contributed by atoms with Gasteiger partial charge in [0.15, 0.2) is 9.84 Å². The molecule has 2 rings (SSSR count). The van der Waals surface area contributed by atoms with Gasteiger partial charge in [0, 0.05) is 29.3 Å². The molecule has 21 heavy (non-hydrogen) atoms. The molecule has 0 radical (unpaired) electrons. The minimum Gasteiger partial charge on any atom is -0.367 e. The first kappa shape index (κ1) is 16.6. The van der Waals surface area contributed by atoms with Crippen LogP contribution in [0.25, 0.3) is 0 Å². The Bertz CT molecular complexity index is 604. The van der Waals surface area contributed by atoms with E-state index in [0.717, 1.165) is 24.1 Å². The number of hydrogen-bond acceptors (Lipinski definition) is 4. The van der Waals surface area contributed by atoms with Crippen LogP contribution >= 0.6 is 11.6 Å². The number of halogens is 1. The predicted molar refractivity (Wildman–Crippen MR) is 88.9 cm³/mol. The number of nitrogens with zero attached hydrogens (tertiary/aromatic N) is 1. The van der Waals surface area contributed by atoms with E-state index in [1.165, 1.54) is 0 Å². The summed E-state index contributed by atoms with van der Waals surface area (Å²) in [5, 5.41) is 0.689. The first-order chi connectivity index (χ1) is 9.82. The van der Waals surface area contributed by atoms with Gasteiger partial charge in [-0.15, -0.1) is 0 Å². The molecule has 2 atom stereocenters. The maximum atomic E-state index is 11.7. The molecule has 4 nitrogen and oxygen atoms in total. The number of anilines is 1. The molecule has 1 saturated heterocycles. The van der Waals surface area contributed by atoms with Crippen LogP contribution in [-0.4, -0.2) is 38.6 Å². The molecule has 0 aliphatic carbocycles. The van der Waals surface area contributed by atoms with Crippen LogP contribution in [0.4, 0.5) is 5.69 Å². The van der Waals surface area contributed by atoms with Gasteiger partial charge in [0.1, 0.15) is 0 Å². The third-order valence-corrected chi connectivity index (χ3v) is 6.06. The van der Waals surface area contributed by atoms with Crippen molar-refractivity contribution in [2.75, 3.05) is 23.0 Å². The number of benzene rings is 1. The monoisotopic (exact) mass is 330 g/mol. The molecule has 2 unspecified atom stereocenters. The van der Waals surface area contributed by atoms with Gasteiger partial charge >= 0.3 is 0 Å². The zero-order valence-corrected chi connectivity index (χ0v) is 14.1. The number of rotatable bonds is 4. The molecule has 0 saturated carbocycles. The lowest BCUT2D eigenvalue weighted by atomic mass is 10.0. The summed E-state index contributed by atoms with van der Waals surface area (Å²) in [6, 6.07) is 5.84. The normalized spacial score (nSPS) is 23.0. The van der Waals surface area contributed by atoms with Crippen molar-refractivity contribution < 1.29 is 8.42 Å². The summed E-state index contributed by atoms with van der Waals surface area (Å²) >= 11 is 6.11. The molecule has 6 heteroatoms. The van der Waals surface area contributed by atoms with E-state index in [2.05, 4.69) is 11.8 Å². The third-order valence-electron chi connectivity index (χ3n) is 4.03. The molecule has 1 aliphatic rings. The van der Waals surface area contributed by atoms with Crippen molar-refractivity contribution in [2.45, 2.75) is 38.8 Å². The molecule has 1 aromatic carbocycles. The van der Waals surface area contributed by atoms with Crippen molar-refractivity contribution in [3.05, 3.63) is 28.8 Å². The summed E-state index contributed by atoms with van der Waals surface area (Å²) in [5.41, 5.74) is 8.23. The summed E-state index contributed by atoms with van der Waals surface area (Å²) in [5.74, 6) is 0.411. The lowest BCUT2D eigenvalue weighted by Gasteiger charge is -2.36. The van der Waals surface area contributed by atoms with Crippen molar-refractivity contribution in [2.24, 2.45) is 5.73 Å². The fourth-order valence-electron chi connectivity index (χ4n) is 2.78. The Morgan fingerprint density at radius 2 is 2.19 bits per heavy atom. The van der Waals surface area contributed by atoms with Crippen LogP contribution in [0.3, 0.4) is 0 Å². The summed E-state index contributed by atoms with van der Waals surface area (Å²) in [6.45, 7) is 4.54. The van der Waals surface area contributed by atoms with E-state index in [1.54, 1.807) is 0 Å². The minimum atomic E-state index is -2.91. The van der Waals surface area contributed by atoms with Crippen LogP contribution in [0.1, 0.15) is 25.8 Å². The highest BCUT2D eigenvalue weighted by Crippen LogP contribution is 2.29. The van der Waals surface area contributed by atoms with Crippen molar-refractivity contribution in [1.82, 2.24) is 0 Å². The van der Waals surface area contributed by atoms with Gasteiger partial charge in [-0.1, -0.05) is 18.5 Å². The molecule has 0 bridgehead atoms. The fraction of sp³-hybridized carbons (Fsp3) is 0.600. The highest BCUT2D eigenvalue weighted by Gasteiger charge is 2.29. The van der Waals surface area contributed by atoms with Gasteiger partial charge in [0.25, 0.3) is 0 Å². The summed E-state index contributed by atoms with van der Waals surface area (Å²) in [7, 11) is -2.91. The number of hydrogen-bond donors (Lipinski definition) is 1. The van der Waals surface area contributed by atoms with E-state index < -0.39 is 9.84 Å². The van der Waals surface area contributed by atoms with Crippen molar-refractivity contribution in [3.8, 4) is 0 Å². The van der Waals surface area contributed by atoms with E-state index in [9.17, 15) is 8.42 Å². The average molecular weight is 331 g/mol. The topological polar surface area (TPSA) is 63.4 Å². The molecule has 0 aromatic heterocycles. The maximum Gasteiger partial charge on any atom is 0.154 e. The smallest absolute Gasteiger partial charge is 0.154 e. The van der Waals surface area contributed by atoms with E-state index in [4.69, 9.17) is 17.3 Å². The Hall–Kier alpha value is -0.780. The van der Waals surface area contributed by atoms with Gasteiger partial charge in [0.2, 0.25) is 0 Å². The lowest BCUT2D eigenvalue weighted by molar-refractivity contribution is 0.567. The predicted octanol–water partition coefficient (Wildman–Crippen LogP) is 2.24. The van der Waals surface area contributed by atoms with Gasteiger partial charge in [-0.3, -0.25) is 0 Å². The Kier molecular flexibility index (Phi) is 5.17. The summed E-state index contributed by atoms with van der Waals surface area (Å²) < 4.78 is 23.5. The van der Waals surface area contributed by atoms with Gasteiger partial charge in [0.05, 0.1) is 11.5 Å². The molecule has 1 aromatic rings. The van der Waals surface area contributed by atoms with E-state index in [0.29, 0.717) is 11.6 Å². The molecule has 1 aliphatic heterocycles. The van der Waals surface area contributed by atoms with Crippen molar-refractivity contribution in [3.63, 3.8) is 0 Å². The van der Waals surface area contributed by atoms with Gasteiger partial charge in [-0.2, -0.15) is 0 Å². The Morgan fingerprint density at radius 3 is 2.81 bits per heavy atom. The van der Waals surface area contributed by atoms with Crippen LogP contribution in [0, 0.1) is 0 Å². The Morgan fingerprint density at radius 1 is 1.48 bits per heavy atom. The second-order valence-corrected chi connectivity index (χ2v) is 8.47. The van der Waals surface area contributed by atoms with Crippen LogP contribution in [0.5, 0.6) is 0 Å². The first-order valence-electron chi connectivity index (χ1n) is 7.33. The highest BCUT2D eigenvalue weighted by molar-refractivity contribution is 7.91. The number of sulfone groups is 1. The second kappa shape index (κ2) is 6.55. The second-order valence-electron chi connectivity index (χ2n) is 5.80. The van der Waals surface area contributed by atoms with E-state index >= 15 is 0 Å². The van der Waals surface area contributed by atoms with Crippen LogP contribution in [0.2, 0.25) is 5.02 Å². The van der Waals surface area contributed by atoms with Gasteiger partial charge < -0.3 is 10.6 Å². The van der Waals surface area contributed by atoms with Crippen LogP contribution in [0.15, 0.2) is 18.2 Å². The minimum absolute atomic E-state index is 0.0264. The summed E-state index contributed by atoms with van der Waals surface area (Å²) in [4.78, 5) is 2.16. The fourth-order valence-corrected chi connectivity index (χ4v) is 4.53. The molecular formula is C15H23ClN2O2S. The molecule has 0 amide bonds. The van der Waals surface area contributed by atoms with Gasteiger partial charge in [-0.05, 0) is 43.5 Å². The first-order valence-corrected chi connectivity index (χ1v) is 9.53. The highest BCUT2D eigenvalue weighted by atomic mass is 35.5. The van der Waals surface area contributed by atoms with Crippen LogP contribution in [-0.2, 0) is 16.3 Å². The molecule has 1 heterocycles. The molecule has 0 spiro atoms. The third kappa shape index (κ3) is 4.11. The molecule has 1 fully saturated rings. The standard InChI is InChI=1S/C15H23ClN2O2S/c1-3-14(17)9-12-8-13(16)4-5-15(12)18-6-7-21(19,20)10-11(18)2/h4-5,8,11,14H,3,6-7,9-10,17H2,1-2H3. The maximum absolute atomic E-state index is 11.7. The zero-order chi connectivity index (χ0) is 15.6. The van der Waals surface area contributed by atoms with Crippen LogP contribution < -0.4 is 10.6 Å². The Balaban J connectivity index is 2.30. The SMILES string of the molecule is CCC(N)Cc1cc(Cl)ccc1N1CCS(=O)(=O)CC1C. The largest absolute Gasteiger partial charge is 0.367 e. The quantitative estimate of drug-likeness (QED) is 0.919. The van der Waals surface area contributed by atoms with Crippen molar-refractivity contribution >= 4 is 27.1 Å². The Labute approximate surface area is 132 Å². The lowest BCUT2D eigenvalue weighted by Crippen LogP contribution is -2.47. The summed E-state index contributed by atoms with van der Waals surface area (Å²) in [6.07, 6.45) is 1.65. The zero-order valence-electron chi connectivity index (χ0n) is 12.5. The van der Waals surface area contributed by atoms with E-state index in [1.807, 2.05) is 25.1 Å². The number of nitrogens with two attached hydrogens (primary N) is 1. The molecule has 2 N–H and O–H groups in total.